The average molecular weight is 429 g/mol. The maximum atomic E-state index is 13.6. The molecule has 6 nitrogen and oxygen atoms in total. The maximum Gasteiger partial charge on any atom is 0.278 e. The van der Waals surface area contributed by atoms with Crippen molar-refractivity contribution >= 4 is 39.6 Å². The molecule has 0 bridgehead atoms. The summed E-state index contributed by atoms with van der Waals surface area (Å²) in [6, 6.07) is 27.2. The van der Waals surface area contributed by atoms with Crippen LogP contribution in [-0.2, 0) is 0 Å². The highest BCUT2D eigenvalue weighted by atomic mass is 16.2. The molecule has 1 atom stereocenters. The molecule has 0 saturated carbocycles. The SMILES string of the molecule is O=C1c2ccccc2NC(c2cccc3cccnc23)N1N=Cc1cccc2cccnc12. The first-order valence-electron chi connectivity index (χ1n) is 10.7. The number of hydrazone groups is 1. The molecule has 3 heterocycles. The van der Waals surface area contributed by atoms with Gasteiger partial charge in [-0.3, -0.25) is 14.8 Å². The second-order valence-electron chi connectivity index (χ2n) is 7.83. The molecule has 158 valence electrons. The number of anilines is 1. The van der Waals surface area contributed by atoms with E-state index in [1.54, 1.807) is 18.6 Å². The number of para-hydroxylation sites is 3. The Morgan fingerprint density at radius 2 is 1.48 bits per heavy atom. The van der Waals surface area contributed by atoms with Crippen LogP contribution >= 0.6 is 0 Å². The summed E-state index contributed by atoms with van der Waals surface area (Å²) in [5.41, 5.74) is 4.74. The average Bonchev–Trinajstić information content (AvgIpc) is 2.88. The summed E-state index contributed by atoms with van der Waals surface area (Å²) in [6.07, 6.45) is 4.72. The van der Waals surface area contributed by atoms with E-state index in [0.717, 1.165) is 38.6 Å². The van der Waals surface area contributed by atoms with Gasteiger partial charge < -0.3 is 5.32 Å². The first-order chi connectivity index (χ1) is 16.3. The van der Waals surface area contributed by atoms with Gasteiger partial charge >= 0.3 is 0 Å². The van der Waals surface area contributed by atoms with Gasteiger partial charge in [-0.15, -0.1) is 0 Å². The van der Waals surface area contributed by atoms with Gasteiger partial charge in [0.1, 0.15) is 0 Å². The van der Waals surface area contributed by atoms with Crippen LogP contribution < -0.4 is 5.32 Å². The first kappa shape index (κ1) is 19.1. The highest BCUT2D eigenvalue weighted by molar-refractivity contribution is 6.03. The lowest BCUT2D eigenvalue weighted by molar-refractivity contribution is 0.0692. The van der Waals surface area contributed by atoms with Crippen molar-refractivity contribution < 1.29 is 4.79 Å². The molecule has 33 heavy (non-hydrogen) atoms. The monoisotopic (exact) mass is 429 g/mol. The summed E-state index contributed by atoms with van der Waals surface area (Å²) in [7, 11) is 0. The number of nitrogens with zero attached hydrogens (tertiary/aromatic N) is 4. The fourth-order valence-electron chi connectivity index (χ4n) is 4.28. The zero-order valence-electron chi connectivity index (χ0n) is 17.6. The van der Waals surface area contributed by atoms with E-state index >= 15 is 0 Å². The number of nitrogens with one attached hydrogen (secondary N) is 1. The number of hydrogen-bond donors (Lipinski definition) is 1. The maximum absolute atomic E-state index is 13.6. The number of rotatable bonds is 3. The first-order valence-corrected chi connectivity index (χ1v) is 10.7. The van der Waals surface area contributed by atoms with Crippen molar-refractivity contribution in [2.24, 2.45) is 5.10 Å². The van der Waals surface area contributed by atoms with Crippen LogP contribution in [0.4, 0.5) is 5.69 Å². The van der Waals surface area contributed by atoms with E-state index in [-0.39, 0.29) is 5.91 Å². The number of hydrogen-bond acceptors (Lipinski definition) is 5. The summed E-state index contributed by atoms with van der Waals surface area (Å²) in [5.74, 6) is -0.174. The Balaban J connectivity index is 1.50. The highest BCUT2D eigenvalue weighted by Gasteiger charge is 2.34. The number of amides is 1. The standard InChI is InChI=1S/C27H19N5O/c33-27-21-12-1-2-14-23(21)31-26(22-13-4-8-19-11-6-16-29-25(19)22)32(27)30-17-20-9-3-7-18-10-5-15-28-24(18)20/h1-17,26,31H. The van der Waals surface area contributed by atoms with Crippen molar-refractivity contribution in [3.05, 3.63) is 114 Å². The smallest absolute Gasteiger partial charge is 0.278 e. The molecule has 2 aromatic heterocycles. The molecular formula is C27H19N5O. The predicted molar refractivity (Wildman–Crippen MR) is 130 cm³/mol. The van der Waals surface area contributed by atoms with Crippen molar-refractivity contribution in [2.45, 2.75) is 6.17 Å². The van der Waals surface area contributed by atoms with Crippen molar-refractivity contribution in [3.8, 4) is 0 Å². The van der Waals surface area contributed by atoms with Crippen LogP contribution in [0.15, 0.2) is 102 Å². The van der Waals surface area contributed by atoms with Gasteiger partial charge in [-0.1, -0.05) is 60.7 Å². The van der Waals surface area contributed by atoms with Gasteiger partial charge in [0, 0.05) is 40.0 Å². The zero-order valence-corrected chi connectivity index (χ0v) is 17.6. The predicted octanol–water partition coefficient (Wildman–Crippen LogP) is 5.38. The van der Waals surface area contributed by atoms with Gasteiger partial charge in [0.2, 0.25) is 0 Å². The van der Waals surface area contributed by atoms with Crippen LogP contribution in [-0.4, -0.2) is 27.1 Å². The Bertz CT molecular complexity index is 1530. The van der Waals surface area contributed by atoms with E-state index in [1.807, 2.05) is 84.9 Å². The summed E-state index contributed by atoms with van der Waals surface area (Å²) in [5, 5.41) is 11.7. The number of aromatic nitrogens is 2. The number of benzene rings is 3. The second kappa shape index (κ2) is 7.84. The van der Waals surface area contributed by atoms with Crippen molar-refractivity contribution in [3.63, 3.8) is 0 Å². The molecule has 6 rings (SSSR count). The summed E-state index contributed by atoms with van der Waals surface area (Å²) >= 11 is 0. The van der Waals surface area contributed by atoms with Crippen LogP contribution in [0, 0.1) is 0 Å². The Labute approximate surface area is 190 Å². The molecule has 1 aliphatic heterocycles. The molecule has 0 saturated heterocycles. The highest BCUT2D eigenvalue weighted by Crippen LogP contribution is 2.35. The normalized spacial score (nSPS) is 15.7. The summed E-state index contributed by atoms with van der Waals surface area (Å²) in [4.78, 5) is 22.6. The largest absolute Gasteiger partial charge is 0.359 e. The van der Waals surface area contributed by atoms with E-state index < -0.39 is 6.17 Å². The summed E-state index contributed by atoms with van der Waals surface area (Å²) in [6.45, 7) is 0. The fraction of sp³-hybridized carbons (Fsp3) is 0.0370. The minimum Gasteiger partial charge on any atom is -0.359 e. The molecule has 0 radical (unpaired) electrons. The van der Waals surface area contributed by atoms with Crippen LogP contribution in [0.1, 0.15) is 27.7 Å². The number of carbonyl (C=O) groups excluding carboxylic acids is 1. The lowest BCUT2D eigenvalue weighted by Crippen LogP contribution is -2.39. The number of pyridine rings is 2. The number of fused-ring (bicyclic) bond motifs is 3. The lowest BCUT2D eigenvalue weighted by Gasteiger charge is -2.34. The Morgan fingerprint density at radius 1 is 0.788 bits per heavy atom. The van der Waals surface area contributed by atoms with Gasteiger partial charge in [0.25, 0.3) is 5.91 Å². The number of carbonyl (C=O) groups is 1. The molecule has 5 aromatic rings. The van der Waals surface area contributed by atoms with E-state index in [1.165, 1.54) is 5.01 Å². The lowest BCUT2D eigenvalue weighted by atomic mass is 10.0. The molecular weight excluding hydrogens is 410 g/mol. The molecule has 6 heteroatoms. The van der Waals surface area contributed by atoms with Crippen LogP contribution in [0.5, 0.6) is 0 Å². The third kappa shape index (κ3) is 3.29. The van der Waals surface area contributed by atoms with E-state index in [0.29, 0.717) is 5.56 Å². The van der Waals surface area contributed by atoms with Gasteiger partial charge in [-0.2, -0.15) is 5.10 Å². The molecule has 1 N–H and O–H groups in total. The molecule has 1 unspecified atom stereocenters. The molecule has 3 aromatic carbocycles. The van der Waals surface area contributed by atoms with Gasteiger partial charge in [0.15, 0.2) is 6.17 Å². The third-order valence-electron chi connectivity index (χ3n) is 5.85. The van der Waals surface area contributed by atoms with Crippen molar-refractivity contribution in [2.75, 3.05) is 5.32 Å². The third-order valence-corrected chi connectivity index (χ3v) is 5.85. The van der Waals surface area contributed by atoms with Gasteiger partial charge in [-0.25, -0.2) is 5.01 Å². The van der Waals surface area contributed by atoms with Gasteiger partial charge in [-0.05, 0) is 24.3 Å². The Kier molecular flexibility index (Phi) is 4.54. The second-order valence-corrected chi connectivity index (χ2v) is 7.83. The van der Waals surface area contributed by atoms with E-state index in [2.05, 4.69) is 20.4 Å². The molecule has 0 spiro atoms. The quantitative estimate of drug-likeness (QED) is 0.391. The Morgan fingerprint density at radius 3 is 2.33 bits per heavy atom. The van der Waals surface area contributed by atoms with Crippen LogP contribution in [0.3, 0.4) is 0 Å². The fourth-order valence-corrected chi connectivity index (χ4v) is 4.28. The van der Waals surface area contributed by atoms with E-state index in [9.17, 15) is 4.79 Å². The topological polar surface area (TPSA) is 70.5 Å². The minimum atomic E-state index is -0.509. The van der Waals surface area contributed by atoms with Crippen molar-refractivity contribution in [1.29, 1.82) is 0 Å². The molecule has 0 fully saturated rings. The Hall–Kier alpha value is -4.58. The van der Waals surface area contributed by atoms with Crippen LogP contribution in [0.25, 0.3) is 21.8 Å². The zero-order chi connectivity index (χ0) is 22.2. The van der Waals surface area contributed by atoms with E-state index in [4.69, 9.17) is 0 Å². The summed E-state index contributed by atoms with van der Waals surface area (Å²) < 4.78 is 0. The van der Waals surface area contributed by atoms with Crippen LogP contribution in [0.2, 0.25) is 0 Å². The van der Waals surface area contributed by atoms with Gasteiger partial charge in [0.05, 0.1) is 22.8 Å². The molecule has 1 aliphatic rings. The molecule has 1 amide bonds. The van der Waals surface area contributed by atoms with Crippen molar-refractivity contribution in [1.82, 2.24) is 15.0 Å². The molecule has 0 aliphatic carbocycles. The minimum absolute atomic E-state index is 0.174.